The summed E-state index contributed by atoms with van der Waals surface area (Å²) in [5.41, 5.74) is 0.0272. The van der Waals surface area contributed by atoms with Crippen LogP contribution in [0.5, 0.6) is 5.75 Å². The molecule has 0 fully saturated rings. The molecule has 0 saturated carbocycles. The monoisotopic (exact) mass is 480 g/mol. The third-order valence-electron chi connectivity index (χ3n) is 4.94. The van der Waals surface area contributed by atoms with Crippen LogP contribution in [-0.2, 0) is 0 Å². The van der Waals surface area contributed by atoms with E-state index in [1.54, 1.807) is 6.92 Å². The summed E-state index contributed by atoms with van der Waals surface area (Å²) in [4.78, 5) is 0. The van der Waals surface area contributed by atoms with E-state index in [4.69, 9.17) is 4.74 Å². The van der Waals surface area contributed by atoms with Crippen LogP contribution in [0.25, 0.3) is 10.8 Å². The second kappa shape index (κ2) is 9.87. The molecule has 0 amide bonds. The summed E-state index contributed by atoms with van der Waals surface area (Å²) in [5, 5.41) is -0.00277. The molecule has 1 nitrogen and oxygen atoms in total. The third kappa shape index (κ3) is 5.10. The van der Waals surface area contributed by atoms with Crippen LogP contribution in [-0.4, -0.2) is 6.61 Å². The topological polar surface area (TPSA) is 9.23 Å². The molecule has 4 aromatic rings. The lowest BCUT2D eigenvalue weighted by Crippen LogP contribution is -1.96. The molecule has 7 heteroatoms. The van der Waals surface area contributed by atoms with E-state index in [0.717, 1.165) is 24.3 Å². The molecule has 0 radical (unpaired) electrons. The fourth-order valence-electron chi connectivity index (χ4n) is 3.27. The average Bonchev–Trinajstić information content (AvgIpc) is 2.81. The number of benzene rings is 4. The molecule has 4 aromatic carbocycles. The van der Waals surface area contributed by atoms with Crippen LogP contribution in [0.15, 0.2) is 54.6 Å². The zero-order chi connectivity index (χ0) is 25.1. The van der Waals surface area contributed by atoms with Gasteiger partial charge in [0, 0.05) is 28.6 Å². The van der Waals surface area contributed by atoms with Gasteiger partial charge in [0.15, 0.2) is 17.5 Å². The van der Waals surface area contributed by atoms with Gasteiger partial charge in [0.05, 0.1) is 17.7 Å². The highest BCUT2D eigenvalue weighted by atomic mass is 19.2. The van der Waals surface area contributed by atoms with Crippen LogP contribution < -0.4 is 4.74 Å². The third-order valence-corrected chi connectivity index (χ3v) is 4.94. The second-order valence-electron chi connectivity index (χ2n) is 7.31. The maximum absolute atomic E-state index is 14.5. The first kappa shape index (κ1) is 23.8. The van der Waals surface area contributed by atoms with E-state index < -0.39 is 40.5 Å². The Morgan fingerprint density at radius 2 is 1.29 bits per heavy atom. The Balaban J connectivity index is 1.59. The Labute approximate surface area is 197 Å². The molecular weight excluding hydrogens is 466 g/mol. The first-order chi connectivity index (χ1) is 16.8. The van der Waals surface area contributed by atoms with Crippen molar-refractivity contribution < 1.29 is 31.1 Å². The molecule has 4 rings (SSSR count). The summed E-state index contributed by atoms with van der Waals surface area (Å²) in [7, 11) is 0. The standard InChI is InChI=1S/C28H14F6O/c1-2-35-20-14-24(30)22(25(31)15-20)10-6-17-4-8-18(23(29)12-17)7-3-16-5-9-21-19(11-16)13-26(32)28(34)27(21)33/h4-5,8-9,11-15H,2H2,1H3. The summed E-state index contributed by atoms with van der Waals surface area (Å²) < 4.78 is 88.5. The van der Waals surface area contributed by atoms with Gasteiger partial charge in [-0.2, -0.15) is 0 Å². The van der Waals surface area contributed by atoms with E-state index in [1.165, 1.54) is 30.3 Å². The Kier molecular flexibility index (Phi) is 6.71. The van der Waals surface area contributed by atoms with Gasteiger partial charge in [-0.15, -0.1) is 0 Å². The molecule has 35 heavy (non-hydrogen) atoms. The molecule has 0 aliphatic rings. The summed E-state index contributed by atoms with van der Waals surface area (Å²) in [6.07, 6.45) is 0. The van der Waals surface area contributed by atoms with E-state index in [-0.39, 0.29) is 34.3 Å². The first-order valence-electron chi connectivity index (χ1n) is 10.3. The number of ether oxygens (including phenoxy) is 1. The van der Waals surface area contributed by atoms with Crippen LogP contribution in [0.4, 0.5) is 26.3 Å². The van der Waals surface area contributed by atoms with Gasteiger partial charge in [-0.3, -0.25) is 0 Å². The maximum Gasteiger partial charge on any atom is 0.195 e. The molecule has 0 aromatic heterocycles. The number of halogens is 6. The number of hydrogen-bond donors (Lipinski definition) is 0. The predicted octanol–water partition coefficient (Wildman–Crippen LogP) is 6.87. The van der Waals surface area contributed by atoms with E-state index in [0.29, 0.717) is 5.56 Å². The highest BCUT2D eigenvalue weighted by Crippen LogP contribution is 2.24. The normalized spacial score (nSPS) is 10.4. The van der Waals surface area contributed by atoms with Crippen LogP contribution in [0.1, 0.15) is 29.2 Å². The molecule has 0 unspecified atom stereocenters. The smallest absolute Gasteiger partial charge is 0.195 e. The number of fused-ring (bicyclic) bond motifs is 1. The van der Waals surface area contributed by atoms with E-state index in [2.05, 4.69) is 23.7 Å². The van der Waals surface area contributed by atoms with Gasteiger partial charge in [-0.25, -0.2) is 26.3 Å². The van der Waals surface area contributed by atoms with E-state index >= 15 is 0 Å². The Hall–Kier alpha value is -4.36. The first-order valence-corrected chi connectivity index (χ1v) is 10.3. The van der Waals surface area contributed by atoms with Crippen molar-refractivity contribution in [2.24, 2.45) is 0 Å². The zero-order valence-corrected chi connectivity index (χ0v) is 18.1. The van der Waals surface area contributed by atoms with Crippen LogP contribution >= 0.6 is 0 Å². The molecule has 0 aliphatic carbocycles. The van der Waals surface area contributed by atoms with Gasteiger partial charge >= 0.3 is 0 Å². The van der Waals surface area contributed by atoms with Crippen molar-refractivity contribution in [2.75, 3.05) is 6.61 Å². The molecule has 174 valence electrons. The lowest BCUT2D eigenvalue weighted by Gasteiger charge is -2.04. The van der Waals surface area contributed by atoms with Crippen molar-refractivity contribution in [3.05, 3.63) is 112 Å². The van der Waals surface area contributed by atoms with Gasteiger partial charge in [0.1, 0.15) is 23.2 Å². The van der Waals surface area contributed by atoms with Gasteiger partial charge in [-0.05, 0) is 48.7 Å². The fourth-order valence-corrected chi connectivity index (χ4v) is 3.27. The summed E-state index contributed by atoms with van der Waals surface area (Å²) in [5.74, 6) is 3.47. The van der Waals surface area contributed by atoms with Gasteiger partial charge in [0.25, 0.3) is 0 Å². The quantitative estimate of drug-likeness (QED) is 0.173. The predicted molar refractivity (Wildman–Crippen MR) is 120 cm³/mol. The van der Waals surface area contributed by atoms with Crippen molar-refractivity contribution in [3.63, 3.8) is 0 Å². The SMILES string of the molecule is CCOc1cc(F)c(C#Cc2ccc(C#Cc3ccc4c(F)c(F)c(F)cc4c3)c(F)c2)c(F)c1. The molecule has 0 spiro atoms. The van der Waals surface area contributed by atoms with E-state index in [9.17, 15) is 26.3 Å². The zero-order valence-electron chi connectivity index (χ0n) is 18.1. The lowest BCUT2D eigenvalue weighted by molar-refractivity contribution is 0.335. The number of hydrogen-bond acceptors (Lipinski definition) is 1. The highest BCUT2D eigenvalue weighted by Gasteiger charge is 2.13. The minimum Gasteiger partial charge on any atom is -0.494 e. The molecule has 0 atom stereocenters. The molecule has 0 saturated heterocycles. The minimum atomic E-state index is -1.56. The average molecular weight is 480 g/mol. The van der Waals surface area contributed by atoms with E-state index in [1.807, 2.05) is 0 Å². The van der Waals surface area contributed by atoms with Gasteiger partial charge < -0.3 is 4.74 Å². The van der Waals surface area contributed by atoms with Gasteiger partial charge in [-0.1, -0.05) is 29.7 Å². The largest absolute Gasteiger partial charge is 0.494 e. The summed E-state index contributed by atoms with van der Waals surface area (Å²) in [6.45, 7) is 1.93. The van der Waals surface area contributed by atoms with Crippen LogP contribution in [0.3, 0.4) is 0 Å². The van der Waals surface area contributed by atoms with Crippen LogP contribution in [0.2, 0.25) is 0 Å². The van der Waals surface area contributed by atoms with Crippen molar-refractivity contribution >= 4 is 10.8 Å². The minimum absolute atomic E-state index is 0.00513. The van der Waals surface area contributed by atoms with Crippen molar-refractivity contribution in [3.8, 4) is 29.4 Å². The summed E-state index contributed by atoms with van der Waals surface area (Å²) in [6, 6.07) is 10.7. The maximum atomic E-state index is 14.5. The lowest BCUT2D eigenvalue weighted by atomic mass is 10.1. The fraction of sp³-hybridized carbons (Fsp3) is 0.0714. The Bertz CT molecular complexity index is 1560. The number of rotatable bonds is 2. The highest BCUT2D eigenvalue weighted by molar-refractivity contribution is 5.84. The van der Waals surface area contributed by atoms with Crippen molar-refractivity contribution in [2.45, 2.75) is 6.92 Å². The van der Waals surface area contributed by atoms with Crippen molar-refractivity contribution in [1.82, 2.24) is 0 Å². The second-order valence-corrected chi connectivity index (χ2v) is 7.31. The van der Waals surface area contributed by atoms with Crippen LogP contribution in [0, 0.1) is 58.6 Å². The van der Waals surface area contributed by atoms with Crippen molar-refractivity contribution in [1.29, 1.82) is 0 Å². The molecule has 0 heterocycles. The molecule has 0 N–H and O–H groups in total. The summed E-state index contributed by atoms with van der Waals surface area (Å²) >= 11 is 0. The Morgan fingerprint density at radius 1 is 0.629 bits per heavy atom. The van der Waals surface area contributed by atoms with Gasteiger partial charge in [0.2, 0.25) is 0 Å². The molecular formula is C28H14F6O. The Morgan fingerprint density at radius 3 is 1.97 bits per heavy atom. The molecule has 0 bridgehead atoms. The molecule has 0 aliphatic heterocycles.